The second-order valence-corrected chi connectivity index (χ2v) is 3.75. The van der Waals surface area contributed by atoms with Crippen LogP contribution in [0.15, 0.2) is 23.2 Å². The zero-order chi connectivity index (χ0) is 11.4. The smallest absolute Gasteiger partial charge is 0.142 e. The minimum atomic E-state index is -0.457. The molecule has 0 aromatic heterocycles. The average Bonchev–Trinajstić information content (AvgIpc) is 2.18. The van der Waals surface area contributed by atoms with Gasteiger partial charge in [0.05, 0.1) is 5.02 Å². The number of rotatable bonds is 2. The van der Waals surface area contributed by atoms with E-state index in [1.807, 2.05) is 13.8 Å². The maximum Gasteiger partial charge on any atom is 0.142 e. The van der Waals surface area contributed by atoms with Crippen molar-refractivity contribution in [3.05, 3.63) is 34.6 Å². The third-order valence-electron chi connectivity index (χ3n) is 1.72. The molecule has 0 fully saturated rings. The molecular weight excluding hydrogens is 217 g/mol. The number of nitrogens with one attached hydrogen (secondary N) is 1. The van der Waals surface area contributed by atoms with Crippen molar-refractivity contribution in [2.75, 3.05) is 0 Å². The van der Waals surface area contributed by atoms with E-state index in [0.29, 0.717) is 11.4 Å². The van der Waals surface area contributed by atoms with E-state index in [1.54, 1.807) is 6.07 Å². The van der Waals surface area contributed by atoms with Crippen molar-refractivity contribution in [2.24, 2.45) is 10.8 Å². The van der Waals surface area contributed by atoms with E-state index in [2.05, 4.69) is 10.4 Å². The highest BCUT2D eigenvalue weighted by Crippen LogP contribution is 2.16. The van der Waals surface area contributed by atoms with E-state index in [0.717, 1.165) is 0 Å². The number of hydrogen-bond donors (Lipinski definition) is 2. The molecule has 0 atom stereocenters. The minimum absolute atomic E-state index is 0.0548. The zero-order valence-electron chi connectivity index (χ0n) is 8.59. The van der Waals surface area contributed by atoms with Crippen LogP contribution < -0.4 is 11.3 Å². The Morgan fingerprint density at radius 1 is 1.53 bits per heavy atom. The van der Waals surface area contributed by atoms with Crippen LogP contribution in [0.25, 0.3) is 0 Å². The van der Waals surface area contributed by atoms with Crippen molar-refractivity contribution in [1.82, 2.24) is 5.43 Å². The first kappa shape index (κ1) is 11.9. The van der Waals surface area contributed by atoms with E-state index >= 15 is 0 Å². The van der Waals surface area contributed by atoms with Crippen LogP contribution in [0.1, 0.15) is 19.4 Å². The molecule has 15 heavy (non-hydrogen) atoms. The molecule has 0 radical (unpaired) electrons. The van der Waals surface area contributed by atoms with E-state index < -0.39 is 5.82 Å². The summed E-state index contributed by atoms with van der Waals surface area (Å²) >= 11 is 5.65. The van der Waals surface area contributed by atoms with Gasteiger partial charge in [-0.1, -0.05) is 11.6 Å². The molecule has 0 aliphatic rings. The van der Waals surface area contributed by atoms with Gasteiger partial charge in [0.15, 0.2) is 0 Å². The fourth-order valence-corrected chi connectivity index (χ4v) is 1.28. The Bertz CT molecular complexity index is 377. The first-order chi connectivity index (χ1) is 7.04. The van der Waals surface area contributed by atoms with Crippen LogP contribution in [0.4, 0.5) is 4.39 Å². The van der Waals surface area contributed by atoms with Crippen molar-refractivity contribution in [2.45, 2.75) is 19.9 Å². The van der Waals surface area contributed by atoms with Crippen LogP contribution in [0.3, 0.4) is 0 Å². The molecular formula is C10H13ClFN3. The second kappa shape index (κ2) is 5.09. The second-order valence-electron chi connectivity index (χ2n) is 3.34. The first-order valence-electron chi connectivity index (χ1n) is 4.54. The Hall–Kier alpha value is -1.13. The lowest BCUT2D eigenvalue weighted by atomic mass is 10.2. The van der Waals surface area contributed by atoms with Gasteiger partial charge in [-0.2, -0.15) is 0 Å². The highest BCUT2D eigenvalue weighted by Gasteiger charge is 2.06. The largest absolute Gasteiger partial charge is 0.308 e. The Labute approximate surface area is 93.1 Å². The van der Waals surface area contributed by atoms with Crippen LogP contribution in [0.5, 0.6) is 0 Å². The molecule has 0 unspecified atom stereocenters. The standard InChI is InChI=1S/C10H13ClFN3/c1-6(2)14-10(15-13)7-3-4-9(12)8(11)5-7/h3-6H,13H2,1-2H3,(H,14,15). The lowest BCUT2D eigenvalue weighted by Gasteiger charge is -2.08. The molecule has 3 N–H and O–H groups in total. The van der Waals surface area contributed by atoms with E-state index in [9.17, 15) is 4.39 Å². The fourth-order valence-electron chi connectivity index (χ4n) is 1.10. The quantitative estimate of drug-likeness (QED) is 0.353. The lowest BCUT2D eigenvalue weighted by molar-refractivity contribution is 0.628. The van der Waals surface area contributed by atoms with Gasteiger partial charge in [-0.3, -0.25) is 4.99 Å². The number of amidine groups is 1. The van der Waals surface area contributed by atoms with Gasteiger partial charge >= 0.3 is 0 Å². The monoisotopic (exact) mass is 229 g/mol. The van der Waals surface area contributed by atoms with Gasteiger partial charge in [0.1, 0.15) is 11.7 Å². The minimum Gasteiger partial charge on any atom is -0.308 e. The number of aliphatic imine (C=N–C) groups is 1. The van der Waals surface area contributed by atoms with Crippen LogP contribution in [-0.2, 0) is 0 Å². The van der Waals surface area contributed by atoms with E-state index in [4.69, 9.17) is 17.4 Å². The summed E-state index contributed by atoms with van der Waals surface area (Å²) in [6, 6.07) is 4.44. The predicted octanol–water partition coefficient (Wildman–Crippen LogP) is 2.10. The number of nitrogens with zero attached hydrogens (tertiary/aromatic N) is 1. The molecule has 0 aliphatic carbocycles. The fraction of sp³-hybridized carbons (Fsp3) is 0.300. The summed E-state index contributed by atoms with van der Waals surface area (Å²) in [7, 11) is 0. The lowest BCUT2D eigenvalue weighted by Crippen LogP contribution is -2.32. The topological polar surface area (TPSA) is 50.4 Å². The van der Waals surface area contributed by atoms with Gasteiger partial charge in [-0.25, -0.2) is 10.2 Å². The molecule has 0 spiro atoms. The van der Waals surface area contributed by atoms with Crippen LogP contribution in [-0.4, -0.2) is 11.9 Å². The highest BCUT2D eigenvalue weighted by atomic mass is 35.5. The molecule has 0 bridgehead atoms. The normalized spacial score (nSPS) is 12.0. The van der Waals surface area contributed by atoms with Gasteiger partial charge in [0.25, 0.3) is 0 Å². The number of halogens is 2. The summed E-state index contributed by atoms with van der Waals surface area (Å²) in [5.41, 5.74) is 3.13. The molecule has 0 heterocycles. The molecule has 3 nitrogen and oxygen atoms in total. The van der Waals surface area contributed by atoms with Crippen molar-refractivity contribution in [3.63, 3.8) is 0 Å². The molecule has 0 saturated heterocycles. The van der Waals surface area contributed by atoms with E-state index in [1.165, 1.54) is 12.1 Å². The molecule has 0 aliphatic heterocycles. The van der Waals surface area contributed by atoms with Crippen LogP contribution in [0.2, 0.25) is 5.02 Å². The van der Waals surface area contributed by atoms with Crippen LogP contribution in [0, 0.1) is 5.82 Å². The molecule has 0 saturated carbocycles. The van der Waals surface area contributed by atoms with Gasteiger partial charge in [-0.05, 0) is 32.0 Å². The Balaban J connectivity index is 3.08. The Morgan fingerprint density at radius 2 is 2.20 bits per heavy atom. The number of hydrazine groups is 1. The highest BCUT2D eigenvalue weighted by molar-refractivity contribution is 6.31. The summed E-state index contributed by atoms with van der Waals surface area (Å²) in [4.78, 5) is 4.24. The third-order valence-corrected chi connectivity index (χ3v) is 2.01. The SMILES string of the molecule is CC(C)N=C(NN)c1ccc(F)c(Cl)c1. The summed E-state index contributed by atoms with van der Waals surface area (Å²) in [5.74, 6) is 5.36. The molecule has 1 rings (SSSR count). The van der Waals surface area contributed by atoms with Gasteiger partial charge in [0.2, 0.25) is 0 Å². The van der Waals surface area contributed by atoms with Gasteiger partial charge < -0.3 is 5.43 Å². The van der Waals surface area contributed by atoms with E-state index in [-0.39, 0.29) is 11.1 Å². The summed E-state index contributed by atoms with van der Waals surface area (Å²) in [6.45, 7) is 3.84. The molecule has 1 aromatic carbocycles. The van der Waals surface area contributed by atoms with Crippen molar-refractivity contribution in [3.8, 4) is 0 Å². The van der Waals surface area contributed by atoms with Crippen molar-refractivity contribution >= 4 is 17.4 Å². The third kappa shape index (κ3) is 3.18. The maximum absolute atomic E-state index is 12.9. The predicted molar refractivity (Wildman–Crippen MR) is 60.4 cm³/mol. The molecule has 1 aromatic rings. The van der Waals surface area contributed by atoms with Gasteiger partial charge in [-0.15, -0.1) is 0 Å². The molecule has 5 heteroatoms. The molecule has 0 amide bonds. The number of nitrogens with two attached hydrogens (primary N) is 1. The summed E-state index contributed by atoms with van der Waals surface area (Å²) < 4.78 is 12.9. The summed E-state index contributed by atoms with van der Waals surface area (Å²) in [5, 5.41) is 0.0548. The van der Waals surface area contributed by atoms with Crippen molar-refractivity contribution in [1.29, 1.82) is 0 Å². The molecule has 82 valence electrons. The number of hydrogen-bond acceptors (Lipinski definition) is 2. The Kier molecular flexibility index (Phi) is 4.05. The maximum atomic E-state index is 12.9. The Morgan fingerprint density at radius 3 is 2.67 bits per heavy atom. The summed E-state index contributed by atoms with van der Waals surface area (Å²) in [6.07, 6.45) is 0. The van der Waals surface area contributed by atoms with Gasteiger partial charge in [0, 0.05) is 11.6 Å². The average molecular weight is 230 g/mol. The zero-order valence-corrected chi connectivity index (χ0v) is 9.35. The first-order valence-corrected chi connectivity index (χ1v) is 4.92. The number of benzene rings is 1. The van der Waals surface area contributed by atoms with Crippen molar-refractivity contribution < 1.29 is 4.39 Å². The van der Waals surface area contributed by atoms with Crippen LogP contribution >= 0.6 is 11.6 Å².